The van der Waals surface area contributed by atoms with Gasteiger partial charge in [-0.2, -0.15) is 0 Å². The fourth-order valence-electron chi connectivity index (χ4n) is 1.87. The summed E-state index contributed by atoms with van der Waals surface area (Å²) in [7, 11) is 3.18. The third kappa shape index (κ3) is 9.36. The van der Waals surface area contributed by atoms with Crippen LogP contribution in [0.1, 0.15) is 13.8 Å². The zero-order chi connectivity index (χ0) is 16.2. The van der Waals surface area contributed by atoms with Crippen LogP contribution in [0.5, 0.6) is 0 Å². The van der Waals surface area contributed by atoms with Gasteiger partial charge in [0.2, 0.25) is 0 Å². The van der Waals surface area contributed by atoms with Crippen LogP contribution in [-0.2, 0) is 23.8 Å². The van der Waals surface area contributed by atoms with Gasteiger partial charge in [-0.25, -0.2) is 4.89 Å². The van der Waals surface area contributed by atoms with E-state index in [1.54, 1.807) is 14.2 Å². The van der Waals surface area contributed by atoms with Crippen LogP contribution in [-0.4, -0.2) is 77.4 Å². The lowest BCUT2D eigenvalue weighted by atomic mass is 9.94. The van der Waals surface area contributed by atoms with E-state index in [0.29, 0.717) is 39.6 Å². The van der Waals surface area contributed by atoms with Gasteiger partial charge in [0.15, 0.2) is 0 Å². The van der Waals surface area contributed by atoms with Crippen molar-refractivity contribution in [3.63, 3.8) is 0 Å². The highest BCUT2D eigenvalue weighted by Crippen LogP contribution is 2.18. The molecule has 0 rings (SSSR count). The largest absolute Gasteiger partial charge is 0.396 e. The van der Waals surface area contributed by atoms with E-state index in [2.05, 4.69) is 4.89 Å². The summed E-state index contributed by atoms with van der Waals surface area (Å²) >= 11 is 0. The first kappa shape index (κ1) is 20.7. The molecule has 0 aliphatic heterocycles. The van der Waals surface area contributed by atoms with Crippen LogP contribution in [0.25, 0.3) is 0 Å². The minimum absolute atomic E-state index is 0.00143. The summed E-state index contributed by atoms with van der Waals surface area (Å²) in [5.74, 6) is 0. The van der Waals surface area contributed by atoms with E-state index in [1.807, 2.05) is 13.8 Å². The number of hydrogen-bond acceptors (Lipinski definition) is 7. The number of ether oxygens (including phenoxy) is 4. The first-order valence-corrected chi connectivity index (χ1v) is 6.96. The highest BCUT2D eigenvalue weighted by atomic mass is 17.1. The van der Waals surface area contributed by atoms with Gasteiger partial charge in [0, 0.05) is 25.0 Å². The van der Waals surface area contributed by atoms with E-state index < -0.39 is 10.8 Å². The van der Waals surface area contributed by atoms with Gasteiger partial charge in [0.25, 0.3) is 0 Å². The van der Waals surface area contributed by atoms with Gasteiger partial charge < -0.3 is 24.1 Å². The molecular formula is C14H30O7. The molecule has 0 aliphatic carbocycles. The van der Waals surface area contributed by atoms with Crippen molar-refractivity contribution in [3.8, 4) is 0 Å². The van der Waals surface area contributed by atoms with Gasteiger partial charge in [-0.3, -0.25) is 5.26 Å². The van der Waals surface area contributed by atoms with Crippen LogP contribution in [0.2, 0.25) is 0 Å². The Morgan fingerprint density at radius 3 is 1.67 bits per heavy atom. The van der Waals surface area contributed by atoms with E-state index in [1.165, 1.54) is 0 Å². The van der Waals surface area contributed by atoms with Crippen molar-refractivity contribution in [1.82, 2.24) is 0 Å². The maximum absolute atomic E-state index is 9.30. The average Bonchev–Trinajstić information content (AvgIpc) is 2.43. The molecule has 0 saturated heterocycles. The minimum Gasteiger partial charge on any atom is -0.396 e. The summed E-state index contributed by atoms with van der Waals surface area (Å²) in [5, 5.41) is 17.9. The summed E-state index contributed by atoms with van der Waals surface area (Å²) in [4.78, 5) is 4.19. The van der Waals surface area contributed by atoms with Crippen molar-refractivity contribution in [2.75, 3.05) is 67.1 Å². The van der Waals surface area contributed by atoms with Gasteiger partial charge in [0.05, 0.1) is 52.9 Å². The number of hydrogen-bond donors (Lipinski definition) is 2. The maximum Gasteiger partial charge on any atom is 0.0917 e. The van der Waals surface area contributed by atoms with E-state index >= 15 is 0 Å². The molecule has 7 heteroatoms. The Labute approximate surface area is 127 Å². The first-order valence-electron chi connectivity index (χ1n) is 6.96. The Hall–Kier alpha value is -0.280. The molecule has 0 heterocycles. The Morgan fingerprint density at radius 1 is 0.762 bits per heavy atom. The van der Waals surface area contributed by atoms with E-state index in [9.17, 15) is 5.11 Å². The van der Waals surface area contributed by atoms with Crippen molar-refractivity contribution < 1.29 is 34.2 Å². The summed E-state index contributed by atoms with van der Waals surface area (Å²) in [5.41, 5.74) is -0.802. The predicted molar refractivity (Wildman–Crippen MR) is 77.3 cm³/mol. The van der Waals surface area contributed by atoms with Gasteiger partial charge >= 0.3 is 0 Å². The van der Waals surface area contributed by atoms with Gasteiger partial charge in [-0.1, -0.05) is 13.8 Å². The lowest BCUT2D eigenvalue weighted by molar-refractivity contribution is -0.268. The van der Waals surface area contributed by atoms with Crippen LogP contribution in [0.15, 0.2) is 0 Å². The number of methoxy groups -OCH3 is 2. The molecule has 0 fully saturated rings. The molecule has 2 N–H and O–H groups in total. The minimum atomic E-state index is -0.404. The molecule has 0 aromatic carbocycles. The zero-order valence-corrected chi connectivity index (χ0v) is 13.6. The number of aliphatic hydroxyl groups is 1. The molecule has 0 aromatic rings. The molecule has 0 amide bonds. The highest BCUT2D eigenvalue weighted by Gasteiger charge is 2.26. The van der Waals surface area contributed by atoms with Crippen molar-refractivity contribution >= 4 is 0 Å². The van der Waals surface area contributed by atoms with Crippen molar-refractivity contribution in [2.24, 2.45) is 10.8 Å². The molecule has 0 spiro atoms. The fourth-order valence-corrected chi connectivity index (χ4v) is 1.87. The Bertz CT molecular complexity index is 243. The topological polar surface area (TPSA) is 86.6 Å². The Balaban J connectivity index is 3.84. The zero-order valence-electron chi connectivity index (χ0n) is 13.6. The van der Waals surface area contributed by atoms with Gasteiger partial charge in [-0.15, -0.1) is 0 Å². The van der Waals surface area contributed by atoms with Gasteiger partial charge in [0.1, 0.15) is 0 Å². The third-order valence-corrected chi connectivity index (χ3v) is 3.05. The summed E-state index contributed by atoms with van der Waals surface area (Å²) < 4.78 is 21.2. The van der Waals surface area contributed by atoms with Crippen molar-refractivity contribution in [2.45, 2.75) is 13.8 Å². The molecular weight excluding hydrogens is 280 g/mol. The second-order valence-corrected chi connectivity index (χ2v) is 6.02. The number of aliphatic hydroxyl groups excluding tert-OH is 1. The monoisotopic (exact) mass is 310 g/mol. The average molecular weight is 310 g/mol. The Kier molecular flexibility index (Phi) is 11.2. The fraction of sp³-hybridized carbons (Fsp3) is 1.00. The van der Waals surface area contributed by atoms with Crippen molar-refractivity contribution in [1.29, 1.82) is 0 Å². The van der Waals surface area contributed by atoms with Crippen LogP contribution in [0.4, 0.5) is 0 Å². The summed E-state index contributed by atoms with van der Waals surface area (Å²) in [6.07, 6.45) is 0. The standard InChI is InChI=1S/C14H30O7/c1-13(7-15,8-17-3)10-19-5-6-20-11-14(2,9-18-4)12-21-16/h15-16H,5-12H2,1-4H3. The molecule has 0 aliphatic rings. The molecule has 7 nitrogen and oxygen atoms in total. The molecule has 0 bridgehead atoms. The lowest BCUT2D eigenvalue weighted by Gasteiger charge is -2.27. The first-order chi connectivity index (χ1) is 9.95. The highest BCUT2D eigenvalue weighted by molar-refractivity contribution is 4.73. The van der Waals surface area contributed by atoms with Crippen molar-refractivity contribution in [3.05, 3.63) is 0 Å². The van der Waals surface area contributed by atoms with Crippen LogP contribution in [0.3, 0.4) is 0 Å². The van der Waals surface area contributed by atoms with Crippen LogP contribution >= 0.6 is 0 Å². The SMILES string of the molecule is COCC(C)(CO)COCCOCC(C)(COC)COO. The quantitative estimate of drug-likeness (QED) is 0.279. The molecule has 2 atom stereocenters. The van der Waals surface area contributed by atoms with E-state index in [4.69, 9.17) is 24.2 Å². The smallest absolute Gasteiger partial charge is 0.0917 e. The normalized spacial score (nSPS) is 17.4. The molecule has 2 unspecified atom stereocenters. The van der Waals surface area contributed by atoms with Crippen LogP contribution in [0, 0.1) is 10.8 Å². The van der Waals surface area contributed by atoms with Crippen LogP contribution < -0.4 is 0 Å². The predicted octanol–water partition coefficient (Wildman–Crippen LogP) is 0.807. The number of rotatable bonds is 14. The second-order valence-electron chi connectivity index (χ2n) is 6.02. The molecule has 0 aromatic heterocycles. The Morgan fingerprint density at radius 2 is 1.24 bits per heavy atom. The summed E-state index contributed by atoms with van der Waals surface area (Å²) in [6, 6.07) is 0. The molecule has 21 heavy (non-hydrogen) atoms. The molecule has 0 radical (unpaired) electrons. The van der Waals surface area contributed by atoms with E-state index in [0.717, 1.165) is 0 Å². The second kappa shape index (κ2) is 11.3. The molecule has 0 saturated carbocycles. The summed E-state index contributed by atoms with van der Waals surface area (Å²) in [6.45, 7) is 6.41. The lowest BCUT2D eigenvalue weighted by Crippen LogP contribution is -2.35. The molecule has 128 valence electrons. The van der Waals surface area contributed by atoms with Gasteiger partial charge in [-0.05, 0) is 0 Å². The van der Waals surface area contributed by atoms with E-state index in [-0.39, 0.29) is 13.2 Å². The maximum atomic E-state index is 9.30. The third-order valence-electron chi connectivity index (χ3n) is 3.05.